The molecule has 1 aromatic heterocycles. The maximum atomic E-state index is 12.7. The summed E-state index contributed by atoms with van der Waals surface area (Å²) in [5, 5.41) is 1.96. The molecule has 1 aliphatic heterocycles. The Morgan fingerprint density at radius 1 is 1.43 bits per heavy atom. The number of rotatable bonds is 4. The molecule has 6 heteroatoms. The first kappa shape index (κ1) is 16.5. The SMILES string of the molecule is CCC1(CC)CN(C(=O)C(C)c2cccs2)CCS1(=O)=O. The molecule has 0 aromatic carbocycles. The molecule has 1 amide bonds. The molecule has 0 aliphatic carbocycles. The van der Waals surface area contributed by atoms with Gasteiger partial charge in [0.2, 0.25) is 5.91 Å². The Balaban J connectivity index is 2.21. The summed E-state index contributed by atoms with van der Waals surface area (Å²) in [4.78, 5) is 15.4. The van der Waals surface area contributed by atoms with E-state index in [4.69, 9.17) is 0 Å². The van der Waals surface area contributed by atoms with Crippen LogP contribution in [-0.2, 0) is 14.6 Å². The lowest BCUT2D eigenvalue weighted by atomic mass is 9.99. The van der Waals surface area contributed by atoms with Gasteiger partial charge in [0.25, 0.3) is 0 Å². The van der Waals surface area contributed by atoms with Crippen molar-refractivity contribution < 1.29 is 13.2 Å². The molecule has 0 radical (unpaired) electrons. The summed E-state index contributed by atoms with van der Waals surface area (Å²) in [7, 11) is -3.12. The van der Waals surface area contributed by atoms with E-state index in [2.05, 4.69) is 0 Å². The van der Waals surface area contributed by atoms with Crippen molar-refractivity contribution in [3.05, 3.63) is 22.4 Å². The molecule has 0 bridgehead atoms. The lowest BCUT2D eigenvalue weighted by Crippen LogP contribution is -2.57. The van der Waals surface area contributed by atoms with Gasteiger partial charge in [-0.05, 0) is 31.2 Å². The minimum Gasteiger partial charge on any atom is -0.340 e. The van der Waals surface area contributed by atoms with Crippen molar-refractivity contribution >= 4 is 27.1 Å². The summed E-state index contributed by atoms with van der Waals surface area (Å²) in [5.41, 5.74) is 0. The van der Waals surface area contributed by atoms with E-state index >= 15 is 0 Å². The zero-order chi connectivity index (χ0) is 15.7. The van der Waals surface area contributed by atoms with Crippen molar-refractivity contribution in [2.75, 3.05) is 18.8 Å². The van der Waals surface area contributed by atoms with Gasteiger partial charge in [-0.2, -0.15) is 0 Å². The number of nitrogens with zero attached hydrogens (tertiary/aromatic N) is 1. The van der Waals surface area contributed by atoms with Crippen LogP contribution in [0.5, 0.6) is 0 Å². The molecule has 1 saturated heterocycles. The fourth-order valence-electron chi connectivity index (χ4n) is 3.01. The molecule has 1 aliphatic rings. The summed E-state index contributed by atoms with van der Waals surface area (Å²) < 4.78 is 24.0. The van der Waals surface area contributed by atoms with Crippen LogP contribution in [0.4, 0.5) is 0 Å². The van der Waals surface area contributed by atoms with Gasteiger partial charge in [-0.15, -0.1) is 11.3 Å². The van der Waals surface area contributed by atoms with E-state index in [0.717, 1.165) is 4.88 Å². The Hall–Kier alpha value is -0.880. The summed E-state index contributed by atoms with van der Waals surface area (Å²) in [6.07, 6.45) is 1.12. The Morgan fingerprint density at radius 3 is 2.62 bits per heavy atom. The summed E-state index contributed by atoms with van der Waals surface area (Å²) >= 11 is 1.57. The van der Waals surface area contributed by atoms with Gasteiger partial charge in [-0.25, -0.2) is 8.42 Å². The first-order chi connectivity index (χ1) is 9.87. The van der Waals surface area contributed by atoms with Crippen LogP contribution < -0.4 is 0 Å². The van der Waals surface area contributed by atoms with Crippen molar-refractivity contribution in [2.24, 2.45) is 0 Å². The largest absolute Gasteiger partial charge is 0.340 e. The lowest BCUT2D eigenvalue weighted by molar-refractivity contribution is -0.132. The van der Waals surface area contributed by atoms with E-state index in [0.29, 0.717) is 25.9 Å². The number of amides is 1. The molecule has 1 aromatic rings. The van der Waals surface area contributed by atoms with Crippen molar-refractivity contribution in [2.45, 2.75) is 44.3 Å². The van der Waals surface area contributed by atoms with Gasteiger partial charge in [-0.1, -0.05) is 19.9 Å². The smallest absolute Gasteiger partial charge is 0.230 e. The van der Waals surface area contributed by atoms with Crippen LogP contribution in [0.25, 0.3) is 0 Å². The zero-order valence-corrected chi connectivity index (χ0v) is 14.5. The predicted octanol–water partition coefficient (Wildman–Crippen LogP) is 2.67. The van der Waals surface area contributed by atoms with Crippen LogP contribution in [0.1, 0.15) is 44.4 Å². The molecule has 1 atom stereocenters. The third-order valence-electron chi connectivity index (χ3n) is 4.71. The highest BCUT2D eigenvalue weighted by molar-refractivity contribution is 7.92. The van der Waals surface area contributed by atoms with E-state index in [1.54, 1.807) is 16.2 Å². The molecule has 4 nitrogen and oxygen atoms in total. The van der Waals surface area contributed by atoms with Gasteiger partial charge >= 0.3 is 0 Å². The highest BCUT2D eigenvalue weighted by Gasteiger charge is 2.46. The Kier molecular flexibility index (Phi) is 4.78. The highest BCUT2D eigenvalue weighted by atomic mass is 32.2. The van der Waals surface area contributed by atoms with Crippen LogP contribution in [0.15, 0.2) is 17.5 Å². The third kappa shape index (κ3) is 2.88. The predicted molar refractivity (Wildman–Crippen MR) is 86.4 cm³/mol. The topological polar surface area (TPSA) is 54.5 Å². The number of carbonyl (C=O) groups is 1. The van der Waals surface area contributed by atoms with E-state index in [1.807, 2.05) is 38.3 Å². The molecular weight excluding hydrogens is 306 g/mol. The zero-order valence-electron chi connectivity index (χ0n) is 12.8. The van der Waals surface area contributed by atoms with E-state index in [1.165, 1.54) is 0 Å². The first-order valence-electron chi connectivity index (χ1n) is 7.41. The maximum absolute atomic E-state index is 12.7. The molecule has 1 fully saturated rings. The normalized spacial score (nSPS) is 22.0. The Labute approximate surface area is 131 Å². The summed E-state index contributed by atoms with van der Waals surface area (Å²) in [6, 6.07) is 3.90. The quantitative estimate of drug-likeness (QED) is 0.853. The first-order valence-corrected chi connectivity index (χ1v) is 9.94. The van der Waals surface area contributed by atoms with Crippen LogP contribution in [0.3, 0.4) is 0 Å². The van der Waals surface area contributed by atoms with Gasteiger partial charge in [0.1, 0.15) is 0 Å². The molecule has 0 spiro atoms. The average Bonchev–Trinajstić information content (AvgIpc) is 3.00. The standard InChI is InChI=1S/C15H23NO3S2/c1-4-15(5-2)11-16(8-10-21(15,18)19)14(17)12(3)13-7-6-9-20-13/h6-7,9,12H,4-5,8,10-11H2,1-3H3. The van der Waals surface area contributed by atoms with Gasteiger partial charge in [-0.3, -0.25) is 4.79 Å². The van der Waals surface area contributed by atoms with Crippen LogP contribution in [0, 0.1) is 0 Å². The molecule has 2 heterocycles. The average molecular weight is 329 g/mol. The molecule has 21 heavy (non-hydrogen) atoms. The second-order valence-electron chi connectivity index (χ2n) is 5.71. The Bertz CT molecular complexity index is 588. The second-order valence-corrected chi connectivity index (χ2v) is 9.19. The van der Waals surface area contributed by atoms with E-state index < -0.39 is 14.6 Å². The highest BCUT2D eigenvalue weighted by Crippen LogP contribution is 2.33. The van der Waals surface area contributed by atoms with Gasteiger partial charge in [0.15, 0.2) is 9.84 Å². The molecule has 1 unspecified atom stereocenters. The van der Waals surface area contributed by atoms with Crippen molar-refractivity contribution in [1.82, 2.24) is 4.90 Å². The minimum atomic E-state index is -3.12. The summed E-state index contributed by atoms with van der Waals surface area (Å²) in [5.74, 6) is -0.0757. The minimum absolute atomic E-state index is 0.0404. The number of thiophene rings is 1. The second kappa shape index (κ2) is 6.08. The molecule has 0 saturated carbocycles. The Morgan fingerprint density at radius 2 is 2.10 bits per heavy atom. The van der Waals surface area contributed by atoms with E-state index in [-0.39, 0.29) is 17.6 Å². The maximum Gasteiger partial charge on any atom is 0.230 e. The van der Waals surface area contributed by atoms with Gasteiger partial charge in [0, 0.05) is 18.0 Å². The third-order valence-corrected chi connectivity index (χ3v) is 8.51. The molecule has 2 rings (SSSR count). The van der Waals surface area contributed by atoms with Crippen LogP contribution in [-0.4, -0.2) is 42.8 Å². The fourth-order valence-corrected chi connectivity index (χ4v) is 5.91. The van der Waals surface area contributed by atoms with Crippen LogP contribution >= 0.6 is 11.3 Å². The lowest BCUT2D eigenvalue weighted by Gasteiger charge is -2.42. The molecular formula is C15H23NO3S2. The molecule has 118 valence electrons. The van der Waals surface area contributed by atoms with Crippen molar-refractivity contribution in [1.29, 1.82) is 0 Å². The fraction of sp³-hybridized carbons (Fsp3) is 0.667. The summed E-state index contributed by atoms with van der Waals surface area (Å²) in [6.45, 7) is 6.35. The van der Waals surface area contributed by atoms with E-state index in [9.17, 15) is 13.2 Å². The monoisotopic (exact) mass is 329 g/mol. The van der Waals surface area contributed by atoms with Crippen molar-refractivity contribution in [3.8, 4) is 0 Å². The number of carbonyl (C=O) groups excluding carboxylic acids is 1. The molecule has 0 N–H and O–H groups in total. The van der Waals surface area contributed by atoms with Crippen LogP contribution in [0.2, 0.25) is 0 Å². The number of hydrogen-bond donors (Lipinski definition) is 0. The number of sulfone groups is 1. The number of hydrogen-bond acceptors (Lipinski definition) is 4. The van der Waals surface area contributed by atoms with Gasteiger partial charge in [0.05, 0.1) is 16.4 Å². The van der Waals surface area contributed by atoms with Gasteiger partial charge < -0.3 is 4.90 Å². The van der Waals surface area contributed by atoms with Crippen molar-refractivity contribution in [3.63, 3.8) is 0 Å².